The largest absolute Gasteiger partial charge is 0.459 e. The Balaban J connectivity index is 1.40. The van der Waals surface area contributed by atoms with E-state index in [9.17, 15) is 4.79 Å². The zero-order chi connectivity index (χ0) is 23.0. The van der Waals surface area contributed by atoms with Crippen molar-refractivity contribution in [1.29, 1.82) is 0 Å². The summed E-state index contributed by atoms with van der Waals surface area (Å²) in [5, 5.41) is 9.03. The lowest BCUT2D eigenvalue weighted by molar-refractivity contribution is -0.153. The standard InChI is InChI=1S/C26H37IN2O4/c27-22-8-6-20(7-9-22)21-18-24(33-25(19-21)32-17-5-4-16-30)26(31)29-14-10-23(11-15-29)28-12-2-1-3-13-28/h6-9,18,21,23,25,30H,1-5,10-17,19H2/t21-,25+/m0/s1. The minimum Gasteiger partial charge on any atom is -0.459 e. The third-order valence-corrected chi connectivity index (χ3v) is 7.80. The van der Waals surface area contributed by atoms with Gasteiger partial charge in [-0.15, -0.1) is 0 Å². The molecule has 0 aliphatic carbocycles. The summed E-state index contributed by atoms with van der Waals surface area (Å²) in [6, 6.07) is 9.07. The van der Waals surface area contributed by atoms with Gasteiger partial charge in [0.15, 0.2) is 5.76 Å². The number of carbonyl (C=O) groups is 1. The van der Waals surface area contributed by atoms with Crippen LogP contribution in [0.3, 0.4) is 0 Å². The van der Waals surface area contributed by atoms with Crippen LogP contribution in [0.1, 0.15) is 62.8 Å². The van der Waals surface area contributed by atoms with Crippen LogP contribution < -0.4 is 0 Å². The predicted molar refractivity (Wildman–Crippen MR) is 137 cm³/mol. The molecule has 0 saturated carbocycles. The fraction of sp³-hybridized carbons (Fsp3) is 0.654. The number of hydrogen-bond donors (Lipinski definition) is 1. The quantitative estimate of drug-likeness (QED) is 0.375. The van der Waals surface area contributed by atoms with E-state index >= 15 is 0 Å². The van der Waals surface area contributed by atoms with Crippen LogP contribution in [0.2, 0.25) is 0 Å². The van der Waals surface area contributed by atoms with E-state index in [4.69, 9.17) is 14.6 Å². The molecule has 3 aliphatic rings. The number of amides is 1. The van der Waals surface area contributed by atoms with E-state index in [2.05, 4.69) is 51.8 Å². The van der Waals surface area contributed by atoms with Crippen LogP contribution in [0.4, 0.5) is 0 Å². The van der Waals surface area contributed by atoms with E-state index in [0.29, 0.717) is 31.2 Å². The molecule has 3 aliphatic heterocycles. The maximum atomic E-state index is 13.4. The Morgan fingerprint density at radius 3 is 2.48 bits per heavy atom. The molecule has 1 N–H and O–H groups in total. The summed E-state index contributed by atoms with van der Waals surface area (Å²) < 4.78 is 13.2. The van der Waals surface area contributed by atoms with Gasteiger partial charge in [0.25, 0.3) is 5.91 Å². The number of nitrogens with zero attached hydrogens (tertiary/aromatic N) is 2. The maximum absolute atomic E-state index is 13.4. The minimum absolute atomic E-state index is 0.00809. The molecule has 2 atom stereocenters. The van der Waals surface area contributed by atoms with Gasteiger partial charge >= 0.3 is 0 Å². The Bertz CT molecular complexity index is 786. The Hall–Kier alpha value is -1.16. The van der Waals surface area contributed by atoms with Crippen LogP contribution >= 0.6 is 22.6 Å². The average Bonchev–Trinajstić information content (AvgIpc) is 2.87. The molecule has 0 unspecified atom stereocenters. The Morgan fingerprint density at radius 1 is 1.06 bits per heavy atom. The van der Waals surface area contributed by atoms with Crippen LogP contribution in [-0.4, -0.2) is 72.5 Å². The number of ether oxygens (including phenoxy) is 2. The highest BCUT2D eigenvalue weighted by molar-refractivity contribution is 14.1. The van der Waals surface area contributed by atoms with Crippen LogP contribution in [0.25, 0.3) is 0 Å². The summed E-state index contributed by atoms with van der Waals surface area (Å²) in [6.45, 7) is 4.68. The lowest BCUT2D eigenvalue weighted by Gasteiger charge is -2.40. The molecule has 182 valence electrons. The highest BCUT2D eigenvalue weighted by Crippen LogP contribution is 2.33. The number of allylic oxidation sites excluding steroid dienone is 1. The average molecular weight is 568 g/mol. The van der Waals surface area contributed by atoms with Crippen molar-refractivity contribution >= 4 is 28.5 Å². The van der Waals surface area contributed by atoms with Crippen molar-refractivity contribution in [2.75, 3.05) is 39.4 Å². The summed E-state index contributed by atoms with van der Waals surface area (Å²) in [7, 11) is 0. The first kappa shape index (κ1) is 24.9. The Kier molecular flexibility index (Phi) is 9.46. The van der Waals surface area contributed by atoms with E-state index in [-0.39, 0.29) is 18.4 Å². The fourth-order valence-corrected chi connectivity index (χ4v) is 5.51. The van der Waals surface area contributed by atoms with Crippen LogP contribution in [-0.2, 0) is 14.3 Å². The highest BCUT2D eigenvalue weighted by atomic mass is 127. The second-order valence-electron chi connectivity index (χ2n) is 9.39. The molecule has 2 saturated heterocycles. The summed E-state index contributed by atoms with van der Waals surface area (Å²) in [6.07, 6.45) is 9.78. The van der Waals surface area contributed by atoms with Crippen molar-refractivity contribution in [3.8, 4) is 0 Å². The number of likely N-dealkylation sites (tertiary alicyclic amines) is 2. The van der Waals surface area contributed by atoms with Gasteiger partial charge in [-0.2, -0.15) is 0 Å². The van der Waals surface area contributed by atoms with Gasteiger partial charge in [-0.05, 0) is 98.0 Å². The first-order valence-corrected chi connectivity index (χ1v) is 13.6. The Labute approximate surface area is 211 Å². The third kappa shape index (κ3) is 6.93. The molecule has 4 rings (SSSR count). The molecular weight excluding hydrogens is 531 g/mol. The van der Waals surface area contributed by atoms with Crippen molar-refractivity contribution in [2.45, 2.75) is 69.6 Å². The molecule has 1 aromatic rings. The SMILES string of the molecule is O=C(C1=C[C@H](c2ccc(I)cc2)C[C@H](OCCCCO)O1)N1CCC(N2CCCCC2)CC1. The first-order chi connectivity index (χ1) is 16.1. The minimum atomic E-state index is -0.442. The number of hydrogen-bond acceptors (Lipinski definition) is 5. The van der Waals surface area contributed by atoms with Crippen molar-refractivity contribution < 1.29 is 19.4 Å². The van der Waals surface area contributed by atoms with Crippen LogP contribution in [0.5, 0.6) is 0 Å². The zero-order valence-electron chi connectivity index (χ0n) is 19.5. The number of aliphatic hydroxyl groups excluding tert-OH is 1. The van der Waals surface area contributed by atoms with Crippen molar-refractivity contribution in [3.63, 3.8) is 0 Å². The molecule has 1 aromatic carbocycles. The van der Waals surface area contributed by atoms with Crippen molar-refractivity contribution in [3.05, 3.63) is 45.2 Å². The molecule has 3 heterocycles. The van der Waals surface area contributed by atoms with E-state index < -0.39 is 6.29 Å². The smallest absolute Gasteiger partial charge is 0.288 e. The lowest BCUT2D eigenvalue weighted by Crippen LogP contribution is -2.49. The van der Waals surface area contributed by atoms with Gasteiger partial charge in [-0.3, -0.25) is 4.79 Å². The monoisotopic (exact) mass is 568 g/mol. The number of benzene rings is 1. The van der Waals surface area contributed by atoms with Gasteiger partial charge in [0.2, 0.25) is 6.29 Å². The van der Waals surface area contributed by atoms with Crippen molar-refractivity contribution in [1.82, 2.24) is 9.80 Å². The predicted octanol–water partition coefficient (Wildman–Crippen LogP) is 4.27. The molecule has 2 fully saturated rings. The van der Waals surface area contributed by atoms with E-state index in [1.165, 1.54) is 41.5 Å². The summed E-state index contributed by atoms with van der Waals surface area (Å²) in [5.41, 5.74) is 1.18. The van der Waals surface area contributed by atoms with Crippen LogP contribution in [0, 0.1) is 3.57 Å². The molecule has 0 aromatic heterocycles. The number of piperidine rings is 2. The molecule has 33 heavy (non-hydrogen) atoms. The van der Waals surface area contributed by atoms with Gasteiger partial charge < -0.3 is 24.4 Å². The molecule has 7 heteroatoms. The second kappa shape index (κ2) is 12.5. The maximum Gasteiger partial charge on any atom is 0.288 e. The molecule has 0 spiro atoms. The van der Waals surface area contributed by atoms with E-state index in [0.717, 1.165) is 32.4 Å². The molecule has 0 radical (unpaired) electrons. The first-order valence-electron chi connectivity index (χ1n) is 12.5. The molecule has 1 amide bonds. The third-order valence-electron chi connectivity index (χ3n) is 7.08. The molecular formula is C26H37IN2O4. The summed E-state index contributed by atoms with van der Waals surface area (Å²) >= 11 is 2.31. The van der Waals surface area contributed by atoms with Gasteiger partial charge in [0.1, 0.15) is 0 Å². The Morgan fingerprint density at radius 2 is 1.79 bits per heavy atom. The number of carbonyl (C=O) groups excluding carboxylic acids is 1. The number of aliphatic hydroxyl groups is 1. The summed E-state index contributed by atoms with van der Waals surface area (Å²) in [5.74, 6) is 0.503. The topological polar surface area (TPSA) is 62.2 Å². The lowest BCUT2D eigenvalue weighted by atomic mass is 9.92. The van der Waals surface area contributed by atoms with Gasteiger partial charge in [0.05, 0.1) is 6.61 Å². The van der Waals surface area contributed by atoms with Crippen LogP contribution in [0.15, 0.2) is 36.1 Å². The van der Waals surface area contributed by atoms with Gasteiger partial charge in [-0.1, -0.05) is 18.6 Å². The second-order valence-corrected chi connectivity index (χ2v) is 10.6. The van der Waals surface area contributed by atoms with E-state index in [1.54, 1.807) is 0 Å². The molecule has 6 nitrogen and oxygen atoms in total. The zero-order valence-corrected chi connectivity index (χ0v) is 21.6. The number of halogens is 1. The number of rotatable bonds is 8. The van der Waals surface area contributed by atoms with Gasteiger partial charge in [-0.25, -0.2) is 0 Å². The van der Waals surface area contributed by atoms with Crippen molar-refractivity contribution in [2.24, 2.45) is 0 Å². The highest BCUT2D eigenvalue weighted by Gasteiger charge is 2.33. The fourth-order valence-electron chi connectivity index (χ4n) is 5.16. The van der Waals surface area contributed by atoms with E-state index in [1.807, 2.05) is 11.0 Å². The normalized spacial score (nSPS) is 24.9. The van der Waals surface area contributed by atoms with Gasteiger partial charge in [0, 0.05) is 41.6 Å². The summed E-state index contributed by atoms with van der Waals surface area (Å²) in [4.78, 5) is 18.0. The number of unbranched alkanes of at least 4 members (excludes halogenated alkanes) is 1. The molecule has 0 bridgehead atoms.